The van der Waals surface area contributed by atoms with Crippen LogP contribution in [-0.2, 0) is 5.41 Å². The fraction of sp³-hybridized carbons (Fsp3) is 0.0857. The molecule has 1 N–H and O–H groups in total. The number of nitrogens with zero attached hydrogens (tertiary/aromatic N) is 3. The number of anilines is 3. The average molecular weight is 506 g/mol. The minimum atomic E-state index is -0.185. The fourth-order valence-electron chi connectivity index (χ4n) is 5.84. The molecule has 0 atom stereocenters. The minimum absolute atomic E-state index is 0.176. The molecule has 3 heterocycles. The average Bonchev–Trinajstić information content (AvgIpc) is 2.98. The summed E-state index contributed by atoms with van der Waals surface area (Å²) in [4.78, 5) is 11.9. The molecule has 0 saturated carbocycles. The zero-order chi connectivity index (χ0) is 26.6. The van der Waals surface area contributed by atoms with E-state index >= 15 is 0 Å². The third kappa shape index (κ3) is 3.68. The third-order valence-corrected chi connectivity index (χ3v) is 7.83. The van der Waals surface area contributed by atoms with E-state index in [0.29, 0.717) is 5.52 Å². The highest BCUT2D eigenvalue weighted by Crippen LogP contribution is 2.52. The van der Waals surface area contributed by atoms with Crippen LogP contribution in [0.2, 0.25) is 0 Å². The van der Waals surface area contributed by atoms with Gasteiger partial charge in [-0.05, 0) is 70.8 Å². The van der Waals surface area contributed by atoms with Crippen molar-refractivity contribution in [3.63, 3.8) is 0 Å². The predicted octanol–water partition coefficient (Wildman–Crippen LogP) is 8.78. The molecule has 1 aliphatic heterocycles. The van der Waals surface area contributed by atoms with Crippen LogP contribution in [0.3, 0.4) is 0 Å². The van der Waals surface area contributed by atoms with E-state index < -0.39 is 0 Å². The normalized spacial score (nSPS) is 13.6. The Morgan fingerprint density at radius 3 is 2.26 bits per heavy atom. The van der Waals surface area contributed by atoms with Crippen LogP contribution < -0.4 is 4.90 Å². The SMILES string of the molecule is CC1(C)c2ccccc2N(c2ccccn2)c2cc(-c3ccc4c(-c5ccccc5)ccc(O)c4n3)ccc21. The number of fused-ring (bicyclic) bond motifs is 3. The Morgan fingerprint density at radius 1 is 0.667 bits per heavy atom. The van der Waals surface area contributed by atoms with Crippen LogP contribution in [0.15, 0.2) is 121 Å². The van der Waals surface area contributed by atoms with Gasteiger partial charge in [0.05, 0.1) is 17.1 Å². The lowest BCUT2D eigenvalue weighted by atomic mass is 9.73. The van der Waals surface area contributed by atoms with Gasteiger partial charge in [0.1, 0.15) is 17.1 Å². The van der Waals surface area contributed by atoms with Crippen molar-refractivity contribution in [3.05, 3.63) is 133 Å². The van der Waals surface area contributed by atoms with Crippen molar-refractivity contribution < 1.29 is 5.11 Å². The Balaban J connectivity index is 1.42. The van der Waals surface area contributed by atoms with Gasteiger partial charge >= 0.3 is 0 Å². The number of hydrogen-bond donors (Lipinski definition) is 1. The number of para-hydroxylation sites is 1. The molecule has 0 unspecified atom stereocenters. The molecule has 4 heteroatoms. The lowest BCUT2D eigenvalue weighted by Gasteiger charge is -2.41. The summed E-state index contributed by atoms with van der Waals surface area (Å²) in [5.74, 6) is 1.05. The Bertz CT molecular complexity index is 1850. The summed E-state index contributed by atoms with van der Waals surface area (Å²) < 4.78 is 0. The van der Waals surface area contributed by atoms with E-state index in [1.165, 1.54) is 11.1 Å². The Kier molecular flexibility index (Phi) is 5.24. The molecule has 0 radical (unpaired) electrons. The number of hydrogen-bond acceptors (Lipinski definition) is 4. The molecule has 0 spiro atoms. The molecule has 39 heavy (non-hydrogen) atoms. The second-order valence-corrected chi connectivity index (χ2v) is 10.5. The molecule has 188 valence electrons. The van der Waals surface area contributed by atoms with E-state index in [2.05, 4.69) is 79.4 Å². The molecule has 4 aromatic carbocycles. The molecule has 0 bridgehead atoms. The van der Waals surface area contributed by atoms with Gasteiger partial charge in [0, 0.05) is 22.6 Å². The molecule has 0 fully saturated rings. The van der Waals surface area contributed by atoms with Crippen LogP contribution in [0, 0.1) is 0 Å². The summed E-state index contributed by atoms with van der Waals surface area (Å²) >= 11 is 0. The first-order chi connectivity index (χ1) is 19.0. The number of benzene rings is 4. The van der Waals surface area contributed by atoms with E-state index in [4.69, 9.17) is 9.97 Å². The van der Waals surface area contributed by atoms with E-state index in [1.807, 2.05) is 54.7 Å². The first-order valence-corrected chi connectivity index (χ1v) is 13.2. The van der Waals surface area contributed by atoms with Gasteiger partial charge in [0.15, 0.2) is 0 Å². The molecular formula is C35H27N3O. The van der Waals surface area contributed by atoms with Gasteiger partial charge in [-0.25, -0.2) is 9.97 Å². The number of rotatable bonds is 3. The van der Waals surface area contributed by atoms with E-state index in [0.717, 1.165) is 45.0 Å². The molecule has 1 aliphatic rings. The minimum Gasteiger partial charge on any atom is -0.506 e. The molecule has 6 aromatic rings. The largest absolute Gasteiger partial charge is 0.506 e. The lowest BCUT2D eigenvalue weighted by molar-refractivity contribution is 0.480. The van der Waals surface area contributed by atoms with Gasteiger partial charge < -0.3 is 5.11 Å². The Morgan fingerprint density at radius 2 is 1.44 bits per heavy atom. The quantitative estimate of drug-likeness (QED) is 0.261. The second-order valence-electron chi connectivity index (χ2n) is 10.5. The number of phenols is 1. The van der Waals surface area contributed by atoms with Crippen LogP contribution in [0.5, 0.6) is 5.75 Å². The van der Waals surface area contributed by atoms with Gasteiger partial charge in [-0.15, -0.1) is 0 Å². The maximum atomic E-state index is 10.8. The highest BCUT2D eigenvalue weighted by Gasteiger charge is 2.37. The van der Waals surface area contributed by atoms with Gasteiger partial charge in [-0.3, -0.25) is 4.90 Å². The van der Waals surface area contributed by atoms with Gasteiger partial charge in [0.25, 0.3) is 0 Å². The molecule has 4 nitrogen and oxygen atoms in total. The smallest absolute Gasteiger partial charge is 0.141 e. The summed E-state index contributed by atoms with van der Waals surface area (Å²) in [5.41, 5.74) is 9.05. The molecule has 0 saturated heterocycles. The van der Waals surface area contributed by atoms with E-state index in [-0.39, 0.29) is 11.2 Å². The van der Waals surface area contributed by atoms with Crippen molar-refractivity contribution in [2.24, 2.45) is 0 Å². The monoisotopic (exact) mass is 505 g/mol. The van der Waals surface area contributed by atoms with E-state index in [9.17, 15) is 5.11 Å². The van der Waals surface area contributed by atoms with Gasteiger partial charge in [0.2, 0.25) is 0 Å². The molecule has 0 aliphatic carbocycles. The fourth-order valence-corrected chi connectivity index (χ4v) is 5.84. The van der Waals surface area contributed by atoms with Crippen molar-refractivity contribution in [2.45, 2.75) is 19.3 Å². The maximum Gasteiger partial charge on any atom is 0.141 e. The standard InChI is InChI=1S/C35H27N3O/c1-35(2)27-12-6-7-13-30(27)38(33-14-8-9-21-36-33)31-22-24(15-18-28(31)35)29-19-16-26-25(23-10-4-3-5-11-23)17-20-32(39)34(26)37-29/h3-22,39H,1-2H3. The molecular weight excluding hydrogens is 478 g/mol. The first kappa shape index (κ1) is 23.2. The summed E-state index contributed by atoms with van der Waals surface area (Å²) in [5, 5.41) is 11.7. The van der Waals surface area contributed by atoms with Crippen LogP contribution >= 0.6 is 0 Å². The van der Waals surface area contributed by atoms with Crippen molar-refractivity contribution in [2.75, 3.05) is 4.90 Å². The Hall–Kier alpha value is -4.96. The van der Waals surface area contributed by atoms with E-state index in [1.54, 1.807) is 6.07 Å². The highest BCUT2D eigenvalue weighted by atomic mass is 16.3. The maximum absolute atomic E-state index is 10.8. The summed E-state index contributed by atoms with van der Waals surface area (Å²) in [6.45, 7) is 4.55. The number of phenolic OH excluding ortho intramolecular Hbond substituents is 1. The number of aromatic nitrogens is 2. The Labute approximate surface area is 227 Å². The van der Waals surface area contributed by atoms with Gasteiger partial charge in [-0.1, -0.05) is 80.6 Å². The summed E-state index contributed by atoms with van der Waals surface area (Å²) in [6, 6.07) is 39.1. The molecule has 2 aromatic heterocycles. The highest BCUT2D eigenvalue weighted by molar-refractivity contribution is 5.99. The zero-order valence-electron chi connectivity index (χ0n) is 21.8. The van der Waals surface area contributed by atoms with Crippen LogP contribution in [0.1, 0.15) is 25.0 Å². The van der Waals surface area contributed by atoms with Crippen molar-refractivity contribution in [3.8, 4) is 28.1 Å². The summed E-state index contributed by atoms with van der Waals surface area (Å²) in [6.07, 6.45) is 1.83. The number of aromatic hydroxyl groups is 1. The lowest BCUT2D eigenvalue weighted by Crippen LogP contribution is -2.30. The van der Waals surface area contributed by atoms with Crippen LogP contribution in [-0.4, -0.2) is 15.1 Å². The van der Waals surface area contributed by atoms with Crippen molar-refractivity contribution >= 4 is 28.1 Å². The molecule has 7 rings (SSSR count). The van der Waals surface area contributed by atoms with Crippen LogP contribution in [0.25, 0.3) is 33.3 Å². The second kappa shape index (κ2) is 8.81. The topological polar surface area (TPSA) is 49.2 Å². The zero-order valence-corrected chi connectivity index (χ0v) is 21.8. The van der Waals surface area contributed by atoms with Crippen molar-refractivity contribution in [1.82, 2.24) is 9.97 Å². The van der Waals surface area contributed by atoms with Crippen molar-refractivity contribution in [1.29, 1.82) is 0 Å². The van der Waals surface area contributed by atoms with Gasteiger partial charge in [-0.2, -0.15) is 0 Å². The third-order valence-electron chi connectivity index (χ3n) is 7.83. The number of pyridine rings is 2. The van der Waals surface area contributed by atoms with Crippen LogP contribution in [0.4, 0.5) is 17.2 Å². The summed E-state index contributed by atoms with van der Waals surface area (Å²) in [7, 11) is 0. The first-order valence-electron chi connectivity index (χ1n) is 13.2. The molecule has 0 amide bonds. The predicted molar refractivity (Wildman–Crippen MR) is 159 cm³/mol.